The van der Waals surface area contributed by atoms with Gasteiger partial charge in [-0.15, -0.1) is 5.10 Å². The highest BCUT2D eigenvalue weighted by atomic mass is 19.1. The van der Waals surface area contributed by atoms with Crippen molar-refractivity contribution in [1.29, 1.82) is 0 Å². The predicted octanol–water partition coefficient (Wildman–Crippen LogP) is 1.24. The van der Waals surface area contributed by atoms with Crippen LogP contribution in [0, 0.1) is 5.82 Å². The highest BCUT2D eigenvalue weighted by Crippen LogP contribution is 2.22. The summed E-state index contributed by atoms with van der Waals surface area (Å²) in [5, 5.41) is 4.18. The predicted molar refractivity (Wildman–Crippen MR) is 91.1 cm³/mol. The summed E-state index contributed by atoms with van der Waals surface area (Å²) in [7, 11) is 0. The zero-order valence-corrected chi connectivity index (χ0v) is 13.9. The van der Waals surface area contributed by atoms with Crippen LogP contribution in [0.25, 0.3) is 5.65 Å². The van der Waals surface area contributed by atoms with E-state index in [-0.39, 0.29) is 30.1 Å². The average molecular weight is 356 g/mol. The van der Waals surface area contributed by atoms with Crippen LogP contribution in [-0.4, -0.2) is 44.7 Å². The molecule has 0 N–H and O–H groups in total. The van der Waals surface area contributed by atoms with E-state index in [1.54, 1.807) is 41.4 Å². The molecule has 1 atom stereocenters. The van der Waals surface area contributed by atoms with Gasteiger partial charge in [-0.25, -0.2) is 13.9 Å². The van der Waals surface area contributed by atoms with E-state index in [4.69, 9.17) is 4.74 Å². The van der Waals surface area contributed by atoms with Crippen molar-refractivity contribution in [1.82, 2.24) is 19.1 Å². The fourth-order valence-electron chi connectivity index (χ4n) is 3.05. The molecule has 4 rings (SSSR count). The van der Waals surface area contributed by atoms with E-state index in [9.17, 15) is 14.0 Å². The molecule has 0 radical (unpaired) electrons. The van der Waals surface area contributed by atoms with Gasteiger partial charge >= 0.3 is 5.69 Å². The fourth-order valence-corrected chi connectivity index (χ4v) is 3.05. The lowest BCUT2D eigenvalue weighted by molar-refractivity contribution is -0.139. The second kappa shape index (κ2) is 6.72. The molecule has 0 bridgehead atoms. The van der Waals surface area contributed by atoms with Gasteiger partial charge in [0.2, 0.25) is 5.91 Å². The van der Waals surface area contributed by atoms with E-state index in [2.05, 4.69) is 5.10 Å². The van der Waals surface area contributed by atoms with Gasteiger partial charge in [0.1, 0.15) is 18.5 Å². The SMILES string of the molecule is O=C(Cn1nc2ccccn2c1=O)N1CCOC(c2ccc(F)cc2)C1. The Kier molecular flexibility index (Phi) is 4.26. The number of hydrogen-bond acceptors (Lipinski definition) is 4. The second-order valence-electron chi connectivity index (χ2n) is 6.12. The molecule has 1 saturated heterocycles. The standard InChI is InChI=1S/C18H17FN4O3/c19-14-6-4-13(5-7-14)15-11-21(9-10-26-15)17(24)12-23-18(25)22-8-2-1-3-16(22)20-23/h1-8,15H,9-12H2. The van der Waals surface area contributed by atoms with Gasteiger partial charge in [0.05, 0.1) is 13.2 Å². The summed E-state index contributed by atoms with van der Waals surface area (Å²) in [5.41, 5.74) is 0.961. The molecule has 0 aliphatic carbocycles. The summed E-state index contributed by atoms with van der Waals surface area (Å²) in [5.74, 6) is -0.519. The van der Waals surface area contributed by atoms with E-state index in [0.717, 1.165) is 5.56 Å². The maximum Gasteiger partial charge on any atom is 0.350 e. The van der Waals surface area contributed by atoms with Crippen LogP contribution < -0.4 is 5.69 Å². The molecule has 1 aliphatic heterocycles. The van der Waals surface area contributed by atoms with Gasteiger partial charge in [-0.3, -0.25) is 9.20 Å². The molecule has 1 aromatic carbocycles. The van der Waals surface area contributed by atoms with Gasteiger partial charge < -0.3 is 9.64 Å². The largest absolute Gasteiger partial charge is 0.370 e. The normalized spacial score (nSPS) is 17.6. The van der Waals surface area contributed by atoms with Crippen molar-refractivity contribution < 1.29 is 13.9 Å². The monoisotopic (exact) mass is 356 g/mol. The molecular weight excluding hydrogens is 339 g/mol. The Hall–Kier alpha value is -3.00. The van der Waals surface area contributed by atoms with Gasteiger partial charge in [-0.05, 0) is 29.8 Å². The molecule has 1 unspecified atom stereocenters. The fraction of sp³-hybridized carbons (Fsp3) is 0.278. The Labute approximate surface area is 148 Å². The molecule has 26 heavy (non-hydrogen) atoms. The third-order valence-electron chi connectivity index (χ3n) is 4.43. The average Bonchev–Trinajstić information content (AvgIpc) is 2.98. The van der Waals surface area contributed by atoms with Gasteiger partial charge in [0.15, 0.2) is 5.65 Å². The van der Waals surface area contributed by atoms with Crippen LogP contribution >= 0.6 is 0 Å². The third kappa shape index (κ3) is 3.11. The summed E-state index contributed by atoms with van der Waals surface area (Å²) in [6.07, 6.45) is 1.30. The summed E-state index contributed by atoms with van der Waals surface area (Å²) in [6.45, 7) is 1.05. The molecule has 3 heterocycles. The highest BCUT2D eigenvalue weighted by Gasteiger charge is 2.26. The molecule has 2 aromatic heterocycles. The molecule has 1 aliphatic rings. The molecule has 8 heteroatoms. The summed E-state index contributed by atoms with van der Waals surface area (Å²) >= 11 is 0. The lowest BCUT2D eigenvalue weighted by Gasteiger charge is -2.33. The van der Waals surface area contributed by atoms with Crippen molar-refractivity contribution in [2.24, 2.45) is 0 Å². The minimum atomic E-state index is -0.350. The van der Waals surface area contributed by atoms with Crippen LogP contribution in [0.1, 0.15) is 11.7 Å². The van der Waals surface area contributed by atoms with Crippen molar-refractivity contribution in [3.05, 3.63) is 70.5 Å². The zero-order chi connectivity index (χ0) is 18.1. The first-order chi connectivity index (χ1) is 12.6. The number of nitrogens with zero attached hydrogens (tertiary/aromatic N) is 4. The number of fused-ring (bicyclic) bond motifs is 1. The first kappa shape index (κ1) is 16.5. The quantitative estimate of drug-likeness (QED) is 0.708. The van der Waals surface area contributed by atoms with Gasteiger partial charge in [-0.1, -0.05) is 18.2 Å². The van der Waals surface area contributed by atoms with Gasteiger partial charge in [-0.2, -0.15) is 0 Å². The summed E-state index contributed by atoms with van der Waals surface area (Å²) in [4.78, 5) is 26.6. The number of halogens is 1. The number of aromatic nitrogens is 3. The third-order valence-corrected chi connectivity index (χ3v) is 4.43. The lowest BCUT2D eigenvalue weighted by Crippen LogP contribution is -2.44. The van der Waals surface area contributed by atoms with Gasteiger partial charge in [0.25, 0.3) is 0 Å². The molecule has 7 nitrogen and oxygen atoms in total. The van der Waals surface area contributed by atoms with Crippen LogP contribution in [0.5, 0.6) is 0 Å². The minimum Gasteiger partial charge on any atom is -0.370 e. The zero-order valence-electron chi connectivity index (χ0n) is 13.9. The Morgan fingerprint density at radius 2 is 2.04 bits per heavy atom. The number of carbonyl (C=O) groups is 1. The van der Waals surface area contributed by atoms with Gasteiger partial charge in [0, 0.05) is 12.7 Å². The first-order valence-electron chi connectivity index (χ1n) is 8.31. The van der Waals surface area contributed by atoms with Crippen molar-refractivity contribution >= 4 is 11.6 Å². The van der Waals surface area contributed by atoms with E-state index >= 15 is 0 Å². The number of morpholine rings is 1. The van der Waals surface area contributed by atoms with Crippen LogP contribution in [0.2, 0.25) is 0 Å². The van der Waals surface area contributed by atoms with Crippen LogP contribution in [0.4, 0.5) is 4.39 Å². The number of ether oxygens (including phenoxy) is 1. The molecule has 3 aromatic rings. The van der Waals surface area contributed by atoms with Crippen molar-refractivity contribution in [2.75, 3.05) is 19.7 Å². The number of amides is 1. The Morgan fingerprint density at radius 3 is 2.81 bits per heavy atom. The number of carbonyl (C=O) groups excluding carboxylic acids is 1. The minimum absolute atomic E-state index is 0.128. The van der Waals surface area contributed by atoms with E-state index in [1.165, 1.54) is 21.2 Å². The summed E-state index contributed by atoms with van der Waals surface area (Å²) < 4.78 is 21.3. The number of rotatable bonds is 3. The van der Waals surface area contributed by atoms with Crippen molar-refractivity contribution in [3.63, 3.8) is 0 Å². The van der Waals surface area contributed by atoms with E-state index in [1.807, 2.05) is 0 Å². The smallest absolute Gasteiger partial charge is 0.350 e. The Balaban J connectivity index is 1.49. The molecule has 134 valence electrons. The molecule has 1 fully saturated rings. The van der Waals surface area contributed by atoms with Crippen molar-refractivity contribution in [2.45, 2.75) is 12.6 Å². The van der Waals surface area contributed by atoms with Crippen LogP contribution in [-0.2, 0) is 16.1 Å². The molecule has 0 spiro atoms. The van der Waals surface area contributed by atoms with Crippen LogP contribution in [0.15, 0.2) is 53.5 Å². The molecular formula is C18H17FN4O3. The molecule has 1 amide bonds. The van der Waals surface area contributed by atoms with E-state index < -0.39 is 0 Å². The number of pyridine rings is 1. The summed E-state index contributed by atoms with van der Waals surface area (Å²) in [6, 6.07) is 11.3. The first-order valence-corrected chi connectivity index (χ1v) is 8.31. The highest BCUT2D eigenvalue weighted by molar-refractivity contribution is 5.76. The Morgan fingerprint density at radius 1 is 1.23 bits per heavy atom. The van der Waals surface area contributed by atoms with E-state index in [0.29, 0.717) is 25.3 Å². The second-order valence-corrected chi connectivity index (χ2v) is 6.12. The Bertz CT molecular complexity index is 996. The lowest BCUT2D eigenvalue weighted by atomic mass is 10.1. The topological polar surface area (TPSA) is 68.8 Å². The molecule has 0 saturated carbocycles. The maximum atomic E-state index is 13.1. The number of hydrogen-bond donors (Lipinski definition) is 0. The van der Waals surface area contributed by atoms with Crippen molar-refractivity contribution in [3.8, 4) is 0 Å². The number of benzene rings is 1. The maximum absolute atomic E-state index is 13.1. The van der Waals surface area contributed by atoms with Crippen LogP contribution in [0.3, 0.4) is 0 Å².